The van der Waals surface area contributed by atoms with E-state index in [1.54, 1.807) is 0 Å². The highest BCUT2D eigenvalue weighted by atomic mass is 16.5. The van der Waals surface area contributed by atoms with Crippen molar-refractivity contribution in [2.24, 2.45) is 0 Å². The Balaban J connectivity index is 1.69. The Labute approximate surface area is 160 Å². The van der Waals surface area contributed by atoms with Crippen LogP contribution in [0.3, 0.4) is 0 Å². The average molecular weight is 369 g/mol. The maximum Gasteiger partial charge on any atom is 0.347 e. The first-order valence-corrected chi connectivity index (χ1v) is 9.31. The summed E-state index contributed by atoms with van der Waals surface area (Å²) in [5.74, 6) is -0.444. The molecule has 1 fully saturated rings. The van der Waals surface area contributed by atoms with Crippen LogP contribution in [0.15, 0.2) is 48.5 Å². The van der Waals surface area contributed by atoms with Crippen molar-refractivity contribution in [1.29, 1.82) is 0 Å². The minimum Gasteiger partial charge on any atom is -0.478 e. The van der Waals surface area contributed by atoms with Gasteiger partial charge in [-0.3, -0.25) is 4.90 Å². The number of rotatable bonds is 6. The summed E-state index contributed by atoms with van der Waals surface area (Å²) in [6.45, 7) is 8.85. The van der Waals surface area contributed by atoms with Gasteiger partial charge in [0, 0.05) is 19.1 Å². The minimum absolute atomic E-state index is 0.372. The first-order valence-electron chi connectivity index (χ1n) is 9.31. The smallest absolute Gasteiger partial charge is 0.347 e. The Morgan fingerprint density at radius 2 is 1.56 bits per heavy atom. The number of carboxylic acid groups (broad SMARTS) is 1. The highest BCUT2D eigenvalue weighted by Gasteiger charge is 2.29. The minimum atomic E-state index is -1.25. The summed E-state index contributed by atoms with van der Waals surface area (Å²) in [6.07, 6.45) is 0. The zero-order valence-corrected chi connectivity index (χ0v) is 16.1. The van der Waals surface area contributed by atoms with E-state index >= 15 is 0 Å². The van der Waals surface area contributed by atoms with Gasteiger partial charge in [0.25, 0.3) is 0 Å². The van der Waals surface area contributed by atoms with Crippen LogP contribution < -0.4 is 4.74 Å². The van der Waals surface area contributed by atoms with E-state index in [4.69, 9.17) is 14.6 Å². The normalized spacial score (nSPS) is 16.7. The molecule has 5 heteroatoms. The molecule has 3 rings (SSSR count). The highest BCUT2D eigenvalue weighted by molar-refractivity contribution is 5.76. The van der Waals surface area contributed by atoms with Crippen LogP contribution in [0.25, 0.3) is 11.1 Å². The molecule has 2 aromatic carbocycles. The summed E-state index contributed by atoms with van der Waals surface area (Å²) in [5.41, 5.74) is 2.24. The average Bonchev–Trinajstić information content (AvgIpc) is 2.68. The standard InChI is InChI=1S/C22H27NO4/c1-16(23-12-14-26-15-13-23)17-4-6-18(7-5-17)19-8-10-20(11-9-19)27-22(2,3)21(24)25/h4-11,16H,12-15H2,1-3H3,(H,24,25)/t16-/m0/s1. The second-order valence-electron chi connectivity index (χ2n) is 7.39. The predicted molar refractivity (Wildman–Crippen MR) is 105 cm³/mol. The molecule has 0 spiro atoms. The third-order valence-electron chi connectivity index (χ3n) is 5.06. The largest absolute Gasteiger partial charge is 0.478 e. The number of carboxylic acids is 1. The summed E-state index contributed by atoms with van der Waals surface area (Å²) in [6, 6.07) is 16.5. The van der Waals surface area contributed by atoms with Crippen LogP contribution >= 0.6 is 0 Å². The molecule has 1 aliphatic heterocycles. The van der Waals surface area contributed by atoms with Crippen LogP contribution in [-0.2, 0) is 9.53 Å². The van der Waals surface area contributed by atoms with Gasteiger partial charge in [-0.15, -0.1) is 0 Å². The predicted octanol–water partition coefficient (Wildman–Crippen LogP) is 3.99. The first-order chi connectivity index (χ1) is 12.9. The number of benzene rings is 2. The maximum atomic E-state index is 11.2. The van der Waals surface area contributed by atoms with E-state index in [0.29, 0.717) is 11.8 Å². The second-order valence-corrected chi connectivity index (χ2v) is 7.39. The molecule has 144 valence electrons. The summed E-state index contributed by atoms with van der Waals surface area (Å²) < 4.78 is 11.0. The Morgan fingerprint density at radius 1 is 1.04 bits per heavy atom. The molecule has 0 unspecified atom stereocenters. The summed E-state index contributed by atoms with van der Waals surface area (Å²) in [4.78, 5) is 13.6. The molecular formula is C22H27NO4. The van der Waals surface area contributed by atoms with Gasteiger partial charge in [0.2, 0.25) is 0 Å². The Kier molecular flexibility index (Phi) is 5.82. The van der Waals surface area contributed by atoms with E-state index in [2.05, 4.69) is 36.1 Å². The van der Waals surface area contributed by atoms with E-state index in [-0.39, 0.29) is 0 Å². The van der Waals surface area contributed by atoms with Crippen molar-refractivity contribution in [3.8, 4) is 16.9 Å². The molecule has 0 aromatic heterocycles. The van der Waals surface area contributed by atoms with Crippen LogP contribution in [-0.4, -0.2) is 47.9 Å². The van der Waals surface area contributed by atoms with Gasteiger partial charge in [-0.2, -0.15) is 0 Å². The topological polar surface area (TPSA) is 59.0 Å². The van der Waals surface area contributed by atoms with Crippen molar-refractivity contribution in [1.82, 2.24) is 4.90 Å². The number of carbonyl (C=O) groups is 1. The van der Waals surface area contributed by atoms with Crippen molar-refractivity contribution in [3.05, 3.63) is 54.1 Å². The maximum absolute atomic E-state index is 11.2. The first kappa shape index (κ1) is 19.4. The lowest BCUT2D eigenvalue weighted by Crippen LogP contribution is -2.37. The van der Waals surface area contributed by atoms with Crippen molar-refractivity contribution in [2.75, 3.05) is 26.3 Å². The summed E-state index contributed by atoms with van der Waals surface area (Å²) in [5, 5.41) is 9.16. The van der Waals surface area contributed by atoms with Crippen LogP contribution in [0.2, 0.25) is 0 Å². The van der Waals surface area contributed by atoms with Crippen molar-refractivity contribution < 1.29 is 19.4 Å². The fraction of sp³-hybridized carbons (Fsp3) is 0.409. The van der Waals surface area contributed by atoms with Gasteiger partial charge in [0.05, 0.1) is 13.2 Å². The van der Waals surface area contributed by atoms with Crippen LogP contribution in [0.1, 0.15) is 32.4 Å². The number of aliphatic carboxylic acids is 1. The number of hydrogen-bond donors (Lipinski definition) is 1. The van der Waals surface area contributed by atoms with Crippen LogP contribution in [0, 0.1) is 0 Å². The van der Waals surface area contributed by atoms with Crippen molar-refractivity contribution in [2.45, 2.75) is 32.4 Å². The zero-order valence-electron chi connectivity index (χ0n) is 16.1. The Hall–Kier alpha value is -2.37. The molecular weight excluding hydrogens is 342 g/mol. The van der Waals surface area contributed by atoms with Gasteiger partial charge in [-0.1, -0.05) is 36.4 Å². The molecule has 1 N–H and O–H groups in total. The van der Waals surface area contributed by atoms with Crippen LogP contribution in [0.4, 0.5) is 0 Å². The van der Waals surface area contributed by atoms with Gasteiger partial charge in [0.1, 0.15) is 5.75 Å². The molecule has 1 atom stereocenters. The molecule has 1 aliphatic rings. The lowest BCUT2D eigenvalue weighted by molar-refractivity contribution is -0.152. The number of ether oxygens (including phenoxy) is 2. The molecule has 1 saturated heterocycles. The molecule has 1 heterocycles. The third-order valence-corrected chi connectivity index (χ3v) is 5.06. The highest BCUT2D eigenvalue weighted by Crippen LogP contribution is 2.27. The molecule has 0 saturated carbocycles. The van der Waals surface area contributed by atoms with E-state index in [1.165, 1.54) is 19.4 Å². The fourth-order valence-corrected chi connectivity index (χ4v) is 3.18. The molecule has 27 heavy (non-hydrogen) atoms. The molecule has 0 aliphatic carbocycles. The SMILES string of the molecule is C[C@@H](c1ccc(-c2ccc(OC(C)(C)C(=O)O)cc2)cc1)N1CCOCC1. The number of morpholine rings is 1. The quantitative estimate of drug-likeness (QED) is 0.834. The number of nitrogens with zero attached hydrogens (tertiary/aromatic N) is 1. The second kappa shape index (κ2) is 8.11. The third kappa shape index (κ3) is 4.67. The van der Waals surface area contributed by atoms with Gasteiger partial charge >= 0.3 is 5.97 Å². The summed E-state index contributed by atoms with van der Waals surface area (Å²) >= 11 is 0. The monoisotopic (exact) mass is 369 g/mol. The zero-order chi connectivity index (χ0) is 19.4. The molecule has 0 radical (unpaired) electrons. The van der Waals surface area contributed by atoms with E-state index in [9.17, 15) is 4.79 Å². The molecule has 0 amide bonds. The Bertz CT molecular complexity index is 762. The van der Waals surface area contributed by atoms with Gasteiger partial charge in [0.15, 0.2) is 5.60 Å². The fourth-order valence-electron chi connectivity index (χ4n) is 3.18. The molecule has 5 nitrogen and oxygen atoms in total. The van der Waals surface area contributed by atoms with Gasteiger partial charge in [-0.05, 0) is 49.6 Å². The van der Waals surface area contributed by atoms with Crippen molar-refractivity contribution >= 4 is 5.97 Å². The molecule has 0 bridgehead atoms. The van der Waals surface area contributed by atoms with Crippen molar-refractivity contribution in [3.63, 3.8) is 0 Å². The van der Waals surface area contributed by atoms with Crippen LogP contribution in [0.5, 0.6) is 5.75 Å². The van der Waals surface area contributed by atoms with Gasteiger partial charge in [-0.25, -0.2) is 4.79 Å². The van der Waals surface area contributed by atoms with E-state index in [0.717, 1.165) is 37.4 Å². The van der Waals surface area contributed by atoms with E-state index < -0.39 is 11.6 Å². The lowest BCUT2D eigenvalue weighted by atomic mass is 10.0. The summed E-state index contributed by atoms with van der Waals surface area (Å²) in [7, 11) is 0. The lowest BCUT2D eigenvalue weighted by Gasteiger charge is -2.32. The Morgan fingerprint density at radius 3 is 2.07 bits per heavy atom. The van der Waals surface area contributed by atoms with E-state index in [1.807, 2.05) is 24.3 Å². The number of hydrogen-bond acceptors (Lipinski definition) is 4. The van der Waals surface area contributed by atoms with Gasteiger partial charge < -0.3 is 14.6 Å². The molecule has 2 aromatic rings.